The van der Waals surface area contributed by atoms with E-state index in [2.05, 4.69) is 28.1 Å². The van der Waals surface area contributed by atoms with E-state index in [9.17, 15) is 13.6 Å². The van der Waals surface area contributed by atoms with Gasteiger partial charge in [0, 0.05) is 51.3 Å². The average molecular weight is 455 g/mol. The number of aromatic nitrogens is 2. The van der Waals surface area contributed by atoms with Gasteiger partial charge in [-0.25, -0.2) is 13.8 Å². The molecule has 5 rings (SSSR count). The molecule has 33 heavy (non-hydrogen) atoms. The molecule has 1 fully saturated rings. The van der Waals surface area contributed by atoms with E-state index < -0.39 is 17.7 Å². The summed E-state index contributed by atoms with van der Waals surface area (Å²) >= 11 is 0. The number of fused-ring (bicyclic) bond motifs is 2. The molecule has 0 N–H and O–H groups in total. The summed E-state index contributed by atoms with van der Waals surface area (Å²) < 4.78 is 34.8. The maximum atomic E-state index is 13.9. The molecule has 0 aliphatic carbocycles. The lowest BCUT2D eigenvalue weighted by atomic mass is 10.0. The fraction of sp³-hybridized carbons (Fsp3) is 0.440. The molecular formula is C25H28F2N4O2. The summed E-state index contributed by atoms with van der Waals surface area (Å²) in [5, 5.41) is 0. The number of hydrogen-bond acceptors (Lipinski definition) is 4. The van der Waals surface area contributed by atoms with Gasteiger partial charge in [0.2, 0.25) is 5.91 Å². The van der Waals surface area contributed by atoms with E-state index in [1.165, 1.54) is 17.5 Å². The molecule has 0 bridgehead atoms. The van der Waals surface area contributed by atoms with Crippen molar-refractivity contribution in [2.75, 3.05) is 32.8 Å². The van der Waals surface area contributed by atoms with Crippen LogP contribution in [-0.4, -0.2) is 58.0 Å². The Kier molecular flexibility index (Phi) is 5.78. The molecule has 0 saturated carbocycles. The Hall–Kier alpha value is -3.00. The molecule has 1 amide bonds. The van der Waals surface area contributed by atoms with Crippen molar-refractivity contribution in [3.05, 3.63) is 59.4 Å². The highest BCUT2D eigenvalue weighted by Gasteiger charge is 2.32. The Morgan fingerprint density at radius 2 is 1.85 bits per heavy atom. The Morgan fingerprint density at radius 3 is 2.61 bits per heavy atom. The number of ether oxygens (including phenoxy) is 1. The molecule has 3 heterocycles. The van der Waals surface area contributed by atoms with Crippen LogP contribution in [0.2, 0.25) is 0 Å². The smallest absolute Gasteiger partial charge is 0.246 e. The third-order valence-corrected chi connectivity index (χ3v) is 6.65. The van der Waals surface area contributed by atoms with E-state index in [0.717, 1.165) is 50.5 Å². The third-order valence-electron chi connectivity index (χ3n) is 6.65. The highest BCUT2D eigenvalue weighted by atomic mass is 19.2. The summed E-state index contributed by atoms with van der Waals surface area (Å²) in [4.78, 5) is 21.9. The second kappa shape index (κ2) is 8.74. The molecule has 2 aliphatic heterocycles. The number of imidazole rings is 1. The zero-order chi connectivity index (χ0) is 23.1. The molecule has 1 saturated heterocycles. The van der Waals surface area contributed by atoms with E-state index in [1.807, 2.05) is 18.7 Å². The van der Waals surface area contributed by atoms with Gasteiger partial charge in [0.15, 0.2) is 11.6 Å². The van der Waals surface area contributed by atoms with Crippen molar-refractivity contribution >= 4 is 16.9 Å². The van der Waals surface area contributed by atoms with Gasteiger partial charge in [0.05, 0.1) is 24.0 Å². The van der Waals surface area contributed by atoms with Gasteiger partial charge in [-0.15, -0.1) is 0 Å². The van der Waals surface area contributed by atoms with Crippen LogP contribution in [0, 0.1) is 17.6 Å². The van der Waals surface area contributed by atoms with Gasteiger partial charge in [0.25, 0.3) is 0 Å². The SMILES string of the molecule is CC(C)C(C(=O)N1CCN(Cc2ccc3c(c2)CCO3)CC1)n1cnc2cc(F)c(F)cc21. The number of carbonyl (C=O) groups excluding carboxylic acids is 1. The summed E-state index contributed by atoms with van der Waals surface area (Å²) in [5.74, 6) is -0.931. The summed E-state index contributed by atoms with van der Waals surface area (Å²) in [6, 6.07) is 8.06. The molecule has 2 aliphatic rings. The number of hydrogen-bond donors (Lipinski definition) is 0. The molecule has 1 unspecified atom stereocenters. The van der Waals surface area contributed by atoms with Crippen LogP contribution in [0.25, 0.3) is 11.0 Å². The van der Waals surface area contributed by atoms with Crippen molar-refractivity contribution in [2.24, 2.45) is 5.92 Å². The molecule has 0 radical (unpaired) electrons. The Morgan fingerprint density at radius 1 is 1.09 bits per heavy atom. The molecule has 3 aromatic rings. The number of rotatable bonds is 5. The number of halogens is 2. The van der Waals surface area contributed by atoms with Gasteiger partial charge >= 0.3 is 0 Å². The van der Waals surface area contributed by atoms with Crippen LogP contribution < -0.4 is 4.74 Å². The first-order valence-corrected chi connectivity index (χ1v) is 11.5. The van der Waals surface area contributed by atoms with Crippen molar-refractivity contribution in [3.8, 4) is 5.75 Å². The summed E-state index contributed by atoms with van der Waals surface area (Å²) in [7, 11) is 0. The quantitative estimate of drug-likeness (QED) is 0.589. The molecular weight excluding hydrogens is 426 g/mol. The Bertz CT molecular complexity index is 1180. The number of nitrogens with zero attached hydrogens (tertiary/aromatic N) is 4. The largest absolute Gasteiger partial charge is 0.493 e. The zero-order valence-electron chi connectivity index (χ0n) is 18.9. The maximum Gasteiger partial charge on any atom is 0.246 e. The maximum absolute atomic E-state index is 13.9. The second-order valence-electron chi connectivity index (χ2n) is 9.24. The third kappa shape index (κ3) is 4.19. The molecule has 6 nitrogen and oxygen atoms in total. The van der Waals surface area contributed by atoms with E-state index >= 15 is 0 Å². The highest BCUT2D eigenvalue weighted by Crippen LogP contribution is 2.29. The fourth-order valence-corrected chi connectivity index (χ4v) is 4.88. The predicted molar refractivity (Wildman–Crippen MR) is 121 cm³/mol. The minimum absolute atomic E-state index is 0.0108. The van der Waals surface area contributed by atoms with E-state index in [-0.39, 0.29) is 11.8 Å². The summed E-state index contributed by atoms with van der Waals surface area (Å²) in [6.45, 7) is 8.36. The van der Waals surface area contributed by atoms with E-state index in [0.29, 0.717) is 24.1 Å². The van der Waals surface area contributed by atoms with Crippen molar-refractivity contribution in [1.82, 2.24) is 19.4 Å². The number of carbonyl (C=O) groups is 1. The molecule has 0 spiro atoms. The monoisotopic (exact) mass is 454 g/mol. The van der Waals surface area contributed by atoms with Gasteiger partial charge in [-0.2, -0.15) is 0 Å². The summed E-state index contributed by atoms with van der Waals surface area (Å²) in [6.07, 6.45) is 2.47. The van der Waals surface area contributed by atoms with Crippen LogP contribution in [0.5, 0.6) is 5.75 Å². The molecule has 1 atom stereocenters. The van der Waals surface area contributed by atoms with Gasteiger partial charge in [-0.3, -0.25) is 9.69 Å². The Labute approximate surface area is 191 Å². The van der Waals surface area contributed by atoms with Crippen LogP contribution in [0.15, 0.2) is 36.7 Å². The van der Waals surface area contributed by atoms with Crippen LogP contribution in [0.3, 0.4) is 0 Å². The van der Waals surface area contributed by atoms with Crippen molar-refractivity contribution in [3.63, 3.8) is 0 Å². The lowest BCUT2D eigenvalue weighted by molar-refractivity contribution is -0.137. The van der Waals surface area contributed by atoms with Crippen LogP contribution in [0.4, 0.5) is 8.78 Å². The normalized spacial score (nSPS) is 17.4. The summed E-state index contributed by atoms with van der Waals surface area (Å²) in [5.41, 5.74) is 3.31. The first kappa shape index (κ1) is 21.8. The predicted octanol–water partition coefficient (Wildman–Crippen LogP) is 3.79. The van der Waals surface area contributed by atoms with Crippen molar-refractivity contribution < 1.29 is 18.3 Å². The molecule has 2 aromatic carbocycles. The van der Waals surface area contributed by atoms with Crippen LogP contribution in [0.1, 0.15) is 31.0 Å². The molecule has 8 heteroatoms. The van der Waals surface area contributed by atoms with Gasteiger partial charge in [-0.05, 0) is 23.1 Å². The Balaban J connectivity index is 1.28. The second-order valence-corrected chi connectivity index (χ2v) is 9.24. The molecule has 174 valence electrons. The van der Waals surface area contributed by atoms with Crippen molar-refractivity contribution in [2.45, 2.75) is 32.9 Å². The topological polar surface area (TPSA) is 50.6 Å². The lowest BCUT2D eigenvalue weighted by Gasteiger charge is -2.37. The number of amides is 1. The number of benzene rings is 2. The van der Waals surface area contributed by atoms with E-state index in [1.54, 1.807) is 4.57 Å². The van der Waals surface area contributed by atoms with E-state index in [4.69, 9.17) is 4.74 Å². The van der Waals surface area contributed by atoms with Crippen LogP contribution in [-0.2, 0) is 17.8 Å². The standard InChI is InChI=1S/C25H28F2N4O2/c1-16(2)24(31-15-28-21-12-19(26)20(27)13-22(21)31)25(32)30-8-6-29(7-9-30)14-17-3-4-23-18(11-17)5-10-33-23/h3-4,11-13,15-16,24H,5-10,14H2,1-2H3. The van der Waals surface area contributed by atoms with Gasteiger partial charge in [-0.1, -0.05) is 26.0 Å². The fourth-order valence-electron chi connectivity index (χ4n) is 4.88. The van der Waals surface area contributed by atoms with Gasteiger partial charge < -0.3 is 14.2 Å². The van der Waals surface area contributed by atoms with Crippen LogP contribution >= 0.6 is 0 Å². The first-order chi connectivity index (χ1) is 15.9. The highest BCUT2D eigenvalue weighted by molar-refractivity contribution is 5.84. The average Bonchev–Trinajstić information content (AvgIpc) is 3.41. The minimum atomic E-state index is -0.939. The van der Waals surface area contributed by atoms with Crippen molar-refractivity contribution in [1.29, 1.82) is 0 Å². The first-order valence-electron chi connectivity index (χ1n) is 11.5. The number of piperazine rings is 1. The minimum Gasteiger partial charge on any atom is -0.493 e. The zero-order valence-corrected chi connectivity index (χ0v) is 18.9. The lowest BCUT2D eigenvalue weighted by Crippen LogP contribution is -2.50. The molecule has 1 aromatic heterocycles. The van der Waals surface area contributed by atoms with Gasteiger partial charge in [0.1, 0.15) is 11.8 Å².